The molecule has 0 aliphatic heterocycles. The summed E-state index contributed by atoms with van der Waals surface area (Å²) in [6.07, 6.45) is 3.07. The molecule has 0 amide bonds. The monoisotopic (exact) mass is 346 g/mol. The van der Waals surface area contributed by atoms with Crippen LogP contribution in [0.1, 0.15) is 23.9 Å². The van der Waals surface area contributed by atoms with Crippen molar-refractivity contribution in [2.75, 3.05) is 0 Å². The van der Waals surface area contributed by atoms with Crippen molar-refractivity contribution in [3.63, 3.8) is 0 Å². The zero-order valence-corrected chi connectivity index (χ0v) is 13.9. The summed E-state index contributed by atoms with van der Waals surface area (Å²) in [5.74, 6) is 0. The van der Waals surface area contributed by atoms with Crippen molar-refractivity contribution < 1.29 is 0 Å². The lowest BCUT2D eigenvalue weighted by molar-refractivity contribution is 0.668. The minimum absolute atomic E-state index is 0.556. The molecule has 2 aromatic heterocycles. The fourth-order valence-corrected chi connectivity index (χ4v) is 3.51. The molecule has 0 saturated carbocycles. The number of nitrogens with two attached hydrogens (primary N) is 1. The second-order valence-electron chi connectivity index (χ2n) is 5.19. The molecule has 0 unspecified atom stereocenters. The summed E-state index contributed by atoms with van der Waals surface area (Å²) in [7, 11) is 1.99. The van der Waals surface area contributed by atoms with Crippen LogP contribution in [0.2, 0.25) is 0 Å². The van der Waals surface area contributed by atoms with Gasteiger partial charge in [0.15, 0.2) is 0 Å². The first-order valence-corrected chi connectivity index (χ1v) is 7.92. The van der Waals surface area contributed by atoms with Crippen LogP contribution in [0.3, 0.4) is 0 Å². The number of aromatic nitrogens is 3. The third-order valence-corrected chi connectivity index (χ3v) is 4.83. The predicted octanol–water partition coefficient (Wildman–Crippen LogP) is 3.21. The number of para-hydroxylation sites is 1. The summed E-state index contributed by atoms with van der Waals surface area (Å²) in [4.78, 5) is 0. The molecule has 0 bridgehead atoms. The summed E-state index contributed by atoms with van der Waals surface area (Å²) in [6, 6.07) is 8.39. The Morgan fingerprint density at radius 2 is 2.05 bits per heavy atom. The number of aryl methyl sites for hydroxylation is 2. The highest BCUT2D eigenvalue weighted by atomic mass is 79.9. The molecule has 0 fully saturated rings. The highest BCUT2D eigenvalue weighted by molar-refractivity contribution is 9.10. The molecule has 0 aliphatic rings. The minimum Gasteiger partial charge on any atom is -0.341 e. The first-order valence-electron chi connectivity index (χ1n) is 7.12. The van der Waals surface area contributed by atoms with E-state index < -0.39 is 0 Å². The lowest BCUT2D eigenvalue weighted by Gasteiger charge is -2.06. The van der Waals surface area contributed by atoms with Gasteiger partial charge in [0, 0.05) is 30.7 Å². The van der Waals surface area contributed by atoms with E-state index in [-0.39, 0.29) is 0 Å². The third-order valence-electron chi connectivity index (χ3n) is 3.91. The number of hydrogen-bond donors (Lipinski definition) is 1. The Morgan fingerprint density at radius 3 is 2.71 bits per heavy atom. The molecule has 1 aromatic carbocycles. The van der Waals surface area contributed by atoms with Crippen LogP contribution in [-0.4, -0.2) is 14.3 Å². The Hall–Kier alpha value is -1.59. The van der Waals surface area contributed by atoms with Crippen molar-refractivity contribution >= 4 is 26.8 Å². The molecule has 2 N–H and O–H groups in total. The van der Waals surface area contributed by atoms with Gasteiger partial charge in [0.1, 0.15) is 0 Å². The highest BCUT2D eigenvalue weighted by Gasteiger charge is 2.14. The van der Waals surface area contributed by atoms with E-state index >= 15 is 0 Å². The van der Waals surface area contributed by atoms with E-state index in [9.17, 15) is 0 Å². The smallest absolute Gasteiger partial charge is 0.0767 e. The van der Waals surface area contributed by atoms with Crippen LogP contribution in [0.4, 0.5) is 0 Å². The maximum atomic E-state index is 5.87. The normalized spacial score (nSPS) is 11.4. The minimum atomic E-state index is 0.556. The lowest BCUT2D eigenvalue weighted by atomic mass is 10.2. The van der Waals surface area contributed by atoms with E-state index in [0.29, 0.717) is 6.54 Å². The van der Waals surface area contributed by atoms with Crippen molar-refractivity contribution in [3.05, 3.63) is 51.9 Å². The lowest BCUT2D eigenvalue weighted by Crippen LogP contribution is -2.05. The van der Waals surface area contributed by atoms with Gasteiger partial charge in [-0.05, 0) is 34.0 Å². The van der Waals surface area contributed by atoms with Gasteiger partial charge in [-0.1, -0.05) is 25.1 Å². The standard InChI is InChI=1S/C16H19BrN4/c1-3-13-16(17)15(20(2)19-13)10-21-9-11(8-18)12-6-4-5-7-14(12)21/h4-7,9H,3,8,10,18H2,1-2H3. The van der Waals surface area contributed by atoms with E-state index in [2.05, 4.69) is 63.0 Å². The maximum absolute atomic E-state index is 5.87. The van der Waals surface area contributed by atoms with Crippen LogP contribution in [0.25, 0.3) is 10.9 Å². The predicted molar refractivity (Wildman–Crippen MR) is 89.2 cm³/mol. The molecule has 5 heteroatoms. The maximum Gasteiger partial charge on any atom is 0.0767 e. The van der Waals surface area contributed by atoms with E-state index in [0.717, 1.165) is 23.1 Å². The molecule has 110 valence electrons. The molecule has 0 aliphatic carbocycles. The molecule has 21 heavy (non-hydrogen) atoms. The second-order valence-corrected chi connectivity index (χ2v) is 5.98. The average molecular weight is 347 g/mol. The second kappa shape index (κ2) is 5.66. The number of fused-ring (bicyclic) bond motifs is 1. The van der Waals surface area contributed by atoms with Crippen LogP contribution in [0.5, 0.6) is 0 Å². The topological polar surface area (TPSA) is 48.8 Å². The van der Waals surface area contributed by atoms with Crippen LogP contribution >= 0.6 is 15.9 Å². The highest BCUT2D eigenvalue weighted by Crippen LogP contribution is 2.26. The van der Waals surface area contributed by atoms with Crippen LogP contribution in [0, 0.1) is 0 Å². The van der Waals surface area contributed by atoms with Gasteiger partial charge in [-0.25, -0.2) is 0 Å². The molecule has 4 nitrogen and oxygen atoms in total. The molecule has 0 saturated heterocycles. The van der Waals surface area contributed by atoms with Gasteiger partial charge in [0.2, 0.25) is 0 Å². The van der Waals surface area contributed by atoms with Gasteiger partial charge in [0.05, 0.1) is 22.4 Å². The number of halogens is 1. The molecule has 2 heterocycles. The van der Waals surface area contributed by atoms with E-state index in [1.807, 2.05) is 11.7 Å². The zero-order chi connectivity index (χ0) is 15.0. The van der Waals surface area contributed by atoms with E-state index in [1.54, 1.807) is 0 Å². The number of hydrogen-bond acceptors (Lipinski definition) is 2. The van der Waals surface area contributed by atoms with Gasteiger partial charge < -0.3 is 10.3 Å². The van der Waals surface area contributed by atoms with Crippen molar-refractivity contribution in [2.24, 2.45) is 12.8 Å². The molecule has 3 rings (SSSR count). The first-order chi connectivity index (χ1) is 10.2. The van der Waals surface area contributed by atoms with Gasteiger partial charge >= 0.3 is 0 Å². The molecule has 0 spiro atoms. The fraction of sp³-hybridized carbons (Fsp3) is 0.312. The summed E-state index contributed by atoms with van der Waals surface area (Å²) >= 11 is 3.69. The van der Waals surface area contributed by atoms with Crippen LogP contribution < -0.4 is 5.73 Å². The van der Waals surface area contributed by atoms with Gasteiger partial charge in [-0.2, -0.15) is 5.10 Å². The Bertz CT molecular complexity index is 785. The number of rotatable bonds is 4. The van der Waals surface area contributed by atoms with Crippen molar-refractivity contribution in [2.45, 2.75) is 26.4 Å². The number of benzene rings is 1. The fourth-order valence-electron chi connectivity index (χ4n) is 2.77. The summed E-state index contributed by atoms with van der Waals surface area (Å²) < 4.78 is 5.32. The zero-order valence-electron chi connectivity index (χ0n) is 12.3. The molecule has 3 aromatic rings. The van der Waals surface area contributed by atoms with Crippen LogP contribution in [-0.2, 0) is 26.6 Å². The van der Waals surface area contributed by atoms with E-state index in [4.69, 9.17) is 5.73 Å². The molecule has 0 atom stereocenters. The number of nitrogens with zero attached hydrogens (tertiary/aromatic N) is 3. The largest absolute Gasteiger partial charge is 0.341 e. The van der Waals surface area contributed by atoms with Gasteiger partial charge in [-0.3, -0.25) is 4.68 Å². The summed E-state index contributed by atoms with van der Waals surface area (Å²) in [5.41, 5.74) is 10.5. The van der Waals surface area contributed by atoms with Gasteiger partial charge in [0.25, 0.3) is 0 Å². The Morgan fingerprint density at radius 1 is 1.29 bits per heavy atom. The first kappa shape index (κ1) is 14.4. The third kappa shape index (κ3) is 2.40. The Balaban J connectivity index is 2.08. The SMILES string of the molecule is CCc1nn(C)c(Cn2cc(CN)c3ccccc32)c1Br. The van der Waals surface area contributed by atoms with Crippen LogP contribution in [0.15, 0.2) is 34.9 Å². The molecule has 0 radical (unpaired) electrons. The Labute approximate surface area is 132 Å². The summed E-state index contributed by atoms with van der Waals surface area (Å²) in [6.45, 7) is 3.46. The van der Waals surface area contributed by atoms with E-state index in [1.165, 1.54) is 22.2 Å². The quantitative estimate of drug-likeness (QED) is 0.788. The summed E-state index contributed by atoms with van der Waals surface area (Å²) in [5, 5.41) is 5.79. The average Bonchev–Trinajstić information content (AvgIpc) is 2.99. The Kier molecular flexibility index (Phi) is 3.87. The van der Waals surface area contributed by atoms with Crippen molar-refractivity contribution in [3.8, 4) is 0 Å². The van der Waals surface area contributed by atoms with Crippen molar-refractivity contribution in [1.29, 1.82) is 0 Å². The van der Waals surface area contributed by atoms with Crippen molar-refractivity contribution in [1.82, 2.24) is 14.3 Å². The van der Waals surface area contributed by atoms with Gasteiger partial charge in [-0.15, -0.1) is 0 Å². The molecular weight excluding hydrogens is 328 g/mol. The molecular formula is C16H19BrN4.